The van der Waals surface area contributed by atoms with Gasteiger partial charge in [0.2, 0.25) is 9.84 Å². The number of pyridine rings is 1. The monoisotopic (exact) mass is 464 g/mol. The van der Waals surface area contributed by atoms with E-state index in [4.69, 9.17) is 4.74 Å². The predicted molar refractivity (Wildman–Crippen MR) is 124 cm³/mol. The molecule has 0 atom stereocenters. The van der Waals surface area contributed by atoms with Crippen LogP contribution in [-0.4, -0.2) is 36.1 Å². The molecule has 2 aromatic heterocycles. The number of hydrogen-bond donors (Lipinski definition) is 2. The van der Waals surface area contributed by atoms with Crippen LogP contribution in [0, 0.1) is 6.92 Å². The zero-order valence-corrected chi connectivity index (χ0v) is 19.1. The number of carbonyl (C=O) groups excluding carboxylic acids is 1. The molecule has 0 saturated carbocycles. The van der Waals surface area contributed by atoms with Gasteiger partial charge in [0.15, 0.2) is 5.65 Å². The predicted octanol–water partition coefficient (Wildman–Crippen LogP) is 3.82. The number of sulfone groups is 1. The summed E-state index contributed by atoms with van der Waals surface area (Å²) in [6.45, 7) is 4.60. The first-order chi connectivity index (χ1) is 15.9. The van der Waals surface area contributed by atoms with E-state index in [1.54, 1.807) is 61.7 Å². The first-order valence-electron chi connectivity index (χ1n) is 10.5. The molecule has 2 N–H and O–H groups in total. The van der Waals surface area contributed by atoms with E-state index in [0.717, 1.165) is 17.4 Å². The van der Waals surface area contributed by atoms with Gasteiger partial charge in [-0.05, 0) is 60.9 Å². The summed E-state index contributed by atoms with van der Waals surface area (Å²) >= 11 is 0. The normalized spacial score (nSPS) is 11.5. The summed E-state index contributed by atoms with van der Waals surface area (Å²) in [5.74, 6) is 0.379. The van der Waals surface area contributed by atoms with E-state index in [-0.39, 0.29) is 22.2 Å². The smallest absolute Gasteiger partial charge is 0.253 e. The van der Waals surface area contributed by atoms with Crippen LogP contribution in [0.3, 0.4) is 0 Å². The molecule has 8 nitrogen and oxygen atoms in total. The molecule has 0 aliphatic carbocycles. The lowest BCUT2D eigenvalue weighted by Gasteiger charge is -2.11. The van der Waals surface area contributed by atoms with Crippen molar-refractivity contribution in [2.75, 3.05) is 6.61 Å². The number of aryl methyl sites for hydroxylation is 1. The molecule has 0 bridgehead atoms. The lowest BCUT2D eigenvalue weighted by atomic mass is 10.2. The molecule has 2 aromatic carbocycles. The number of H-pyrrole nitrogens is 1. The van der Waals surface area contributed by atoms with Gasteiger partial charge in [-0.25, -0.2) is 13.4 Å². The molecule has 0 spiro atoms. The Morgan fingerprint density at radius 3 is 2.61 bits per heavy atom. The van der Waals surface area contributed by atoms with Crippen LogP contribution in [0.2, 0.25) is 0 Å². The largest absolute Gasteiger partial charge is 0.494 e. The van der Waals surface area contributed by atoms with Crippen LogP contribution >= 0.6 is 0 Å². The molecule has 1 amide bonds. The van der Waals surface area contributed by atoms with Crippen molar-refractivity contribution in [3.63, 3.8) is 0 Å². The zero-order chi connectivity index (χ0) is 23.4. The fourth-order valence-corrected chi connectivity index (χ4v) is 4.87. The lowest BCUT2D eigenvalue weighted by molar-refractivity contribution is 0.0950. The summed E-state index contributed by atoms with van der Waals surface area (Å²) in [7, 11) is -3.67. The average molecular weight is 465 g/mol. The summed E-state index contributed by atoms with van der Waals surface area (Å²) in [5.41, 5.74) is 2.44. The Morgan fingerprint density at radius 2 is 1.88 bits per heavy atom. The highest BCUT2D eigenvalue weighted by Crippen LogP contribution is 2.27. The summed E-state index contributed by atoms with van der Waals surface area (Å²) in [6, 6.07) is 13.2. The van der Waals surface area contributed by atoms with Crippen molar-refractivity contribution < 1.29 is 17.9 Å². The molecule has 9 heteroatoms. The number of amides is 1. The van der Waals surface area contributed by atoms with Crippen LogP contribution in [0.4, 0.5) is 0 Å². The first-order valence-corrected chi connectivity index (χ1v) is 12.0. The highest BCUT2D eigenvalue weighted by Gasteiger charge is 2.20. The summed E-state index contributed by atoms with van der Waals surface area (Å²) in [5, 5.41) is 10.2. The molecular formula is C24H24N4O4S. The van der Waals surface area contributed by atoms with Gasteiger partial charge in [-0.15, -0.1) is 0 Å². The third kappa shape index (κ3) is 4.88. The number of aromatic amines is 1. The van der Waals surface area contributed by atoms with E-state index in [1.165, 1.54) is 6.20 Å². The van der Waals surface area contributed by atoms with Crippen molar-refractivity contribution in [1.29, 1.82) is 0 Å². The van der Waals surface area contributed by atoms with Gasteiger partial charge in [-0.3, -0.25) is 9.89 Å². The molecule has 33 heavy (non-hydrogen) atoms. The van der Waals surface area contributed by atoms with Crippen LogP contribution in [0.5, 0.6) is 5.75 Å². The fourth-order valence-electron chi connectivity index (χ4n) is 3.39. The van der Waals surface area contributed by atoms with Crippen molar-refractivity contribution in [1.82, 2.24) is 20.5 Å². The Labute approximate surface area is 191 Å². The number of benzene rings is 2. The van der Waals surface area contributed by atoms with E-state index in [0.29, 0.717) is 29.1 Å². The van der Waals surface area contributed by atoms with Gasteiger partial charge in [0, 0.05) is 18.1 Å². The number of fused-ring (bicyclic) bond motifs is 1. The van der Waals surface area contributed by atoms with E-state index in [2.05, 4.69) is 20.5 Å². The summed E-state index contributed by atoms with van der Waals surface area (Å²) < 4.78 is 31.8. The van der Waals surface area contributed by atoms with Gasteiger partial charge in [0.05, 0.1) is 28.2 Å². The Hall–Kier alpha value is -3.72. The van der Waals surface area contributed by atoms with Gasteiger partial charge < -0.3 is 10.1 Å². The van der Waals surface area contributed by atoms with Gasteiger partial charge in [-0.1, -0.05) is 19.1 Å². The second-order valence-corrected chi connectivity index (χ2v) is 9.56. The van der Waals surface area contributed by atoms with Crippen LogP contribution < -0.4 is 10.1 Å². The number of rotatable bonds is 8. The van der Waals surface area contributed by atoms with Gasteiger partial charge in [-0.2, -0.15) is 5.10 Å². The van der Waals surface area contributed by atoms with Crippen LogP contribution in [0.15, 0.2) is 70.7 Å². The quantitative estimate of drug-likeness (QED) is 0.410. The molecule has 0 aliphatic rings. The molecule has 4 rings (SSSR count). The lowest BCUT2D eigenvalue weighted by Crippen LogP contribution is -2.22. The minimum Gasteiger partial charge on any atom is -0.494 e. The van der Waals surface area contributed by atoms with Crippen LogP contribution in [0.25, 0.3) is 11.0 Å². The molecule has 170 valence electrons. The minimum atomic E-state index is -3.67. The zero-order valence-electron chi connectivity index (χ0n) is 18.3. The van der Waals surface area contributed by atoms with Crippen molar-refractivity contribution in [3.8, 4) is 5.75 Å². The Morgan fingerprint density at radius 1 is 1.09 bits per heavy atom. The average Bonchev–Trinajstić information content (AvgIpc) is 3.29. The van der Waals surface area contributed by atoms with Crippen LogP contribution in [-0.2, 0) is 16.4 Å². The van der Waals surface area contributed by atoms with Crippen molar-refractivity contribution >= 4 is 26.8 Å². The maximum Gasteiger partial charge on any atom is 0.253 e. The van der Waals surface area contributed by atoms with Crippen molar-refractivity contribution in [2.45, 2.75) is 36.6 Å². The molecule has 2 heterocycles. The Balaban J connectivity index is 1.44. The highest BCUT2D eigenvalue weighted by atomic mass is 32.2. The SMILES string of the molecule is CCCOc1ccc(S(=O)(=O)c2ccc(CNC(=O)c3cnc4[nH]ncc4c3)cc2)c(C)c1. The third-order valence-corrected chi connectivity index (χ3v) is 7.08. The van der Waals surface area contributed by atoms with Gasteiger partial charge in [0.1, 0.15) is 5.75 Å². The third-order valence-electron chi connectivity index (χ3n) is 5.15. The van der Waals surface area contributed by atoms with E-state index < -0.39 is 9.84 Å². The molecule has 4 aromatic rings. The Kier molecular flexibility index (Phi) is 6.41. The number of carbonyl (C=O) groups is 1. The molecule has 0 radical (unpaired) electrons. The number of nitrogens with zero attached hydrogens (tertiary/aromatic N) is 2. The van der Waals surface area contributed by atoms with Crippen LogP contribution in [0.1, 0.15) is 34.8 Å². The molecule has 0 aliphatic heterocycles. The second kappa shape index (κ2) is 9.41. The van der Waals surface area contributed by atoms with Crippen molar-refractivity contribution in [2.24, 2.45) is 0 Å². The number of nitrogens with one attached hydrogen (secondary N) is 2. The fraction of sp³-hybridized carbons (Fsp3) is 0.208. The summed E-state index contributed by atoms with van der Waals surface area (Å²) in [6.07, 6.45) is 3.96. The van der Waals surface area contributed by atoms with E-state index >= 15 is 0 Å². The molecule has 0 fully saturated rings. The Bertz CT molecular complexity index is 1400. The highest BCUT2D eigenvalue weighted by molar-refractivity contribution is 7.91. The molecule has 0 unspecified atom stereocenters. The molecular weight excluding hydrogens is 440 g/mol. The second-order valence-electron chi connectivity index (χ2n) is 7.64. The van der Waals surface area contributed by atoms with E-state index in [1.807, 2.05) is 6.92 Å². The minimum absolute atomic E-state index is 0.192. The number of ether oxygens (including phenoxy) is 1. The van der Waals surface area contributed by atoms with E-state index in [9.17, 15) is 13.2 Å². The number of hydrogen-bond acceptors (Lipinski definition) is 6. The first kappa shape index (κ1) is 22.5. The standard InChI is InChI=1S/C24H24N4O4S/c1-3-10-32-20-6-9-22(16(2)11-20)33(30,31)21-7-4-17(5-8-21)13-26-24(29)19-12-18-15-27-28-23(18)25-14-19/h4-9,11-12,14-15H,3,10,13H2,1-2H3,(H,26,29)(H,25,27,28). The van der Waals surface area contributed by atoms with Gasteiger partial charge in [0.25, 0.3) is 5.91 Å². The summed E-state index contributed by atoms with van der Waals surface area (Å²) in [4.78, 5) is 17.0. The number of aromatic nitrogens is 3. The maximum absolute atomic E-state index is 13.1. The maximum atomic E-state index is 13.1. The van der Waals surface area contributed by atoms with Crippen molar-refractivity contribution in [3.05, 3.63) is 77.6 Å². The van der Waals surface area contributed by atoms with Gasteiger partial charge >= 0.3 is 0 Å². The topological polar surface area (TPSA) is 114 Å². The molecule has 0 saturated heterocycles.